The highest BCUT2D eigenvalue weighted by Gasteiger charge is 2.57. The summed E-state index contributed by atoms with van der Waals surface area (Å²) in [5.41, 5.74) is 2.88. The zero-order valence-electron chi connectivity index (χ0n) is 18.9. The van der Waals surface area contributed by atoms with Gasteiger partial charge < -0.3 is 19.1 Å². The molecular formula is C27H19N3O5S. The molecule has 7 rings (SSSR count). The minimum absolute atomic E-state index is 0.0704. The maximum Gasteiger partial charge on any atom is 0.257 e. The molecule has 36 heavy (non-hydrogen) atoms. The highest BCUT2D eigenvalue weighted by atomic mass is 32.1. The molecule has 0 aliphatic carbocycles. The predicted molar refractivity (Wildman–Crippen MR) is 133 cm³/mol. The van der Waals surface area contributed by atoms with E-state index < -0.39 is 5.41 Å². The van der Waals surface area contributed by atoms with Gasteiger partial charge in [0.05, 0.1) is 6.54 Å². The maximum atomic E-state index is 14.2. The van der Waals surface area contributed by atoms with Crippen molar-refractivity contribution in [1.29, 1.82) is 0 Å². The van der Waals surface area contributed by atoms with Crippen LogP contribution in [0.2, 0.25) is 0 Å². The van der Waals surface area contributed by atoms with Gasteiger partial charge in [0.15, 0.2) is 16.6 Å². The lowest BCUT2D eigenvalue weighted by Crippen LogP contribution is -2.42. The number of anilines is 2. The molecule has 9 heteroatoms. The lowest BCUT2D eigenvalue weighted by atomic mass is 9.77. The third kappa shape index (κ3) is 3.02. The molecule has 3 aliphatic rings. The van der Waals surface area contributed by atoms with E-state index in [0.29, 0.717) is 34.5 Å². The molecule has 0 fully saturated rings. The van der Waals surface area contributed by atoms with Gasteiger partial charge >= 0.3 is 0 Å². The van der Waals surface area contributed by atoms with Crippen molar-refractivity contribution in [3.05, 3.63) is 94.5 Å². The summed E-state index contributed by atoms with van der Waals surface area (Å²) in [5, 5.41) is 5.14. The number of amides is 2. The largest absolute Gasteiger partial charge is 0.491 e. The number of nitrogens with one attached hydrogen (secondary N) is 1. The molecule has 1 N–H and O–H groups in total. The Balaban J connectivity index is 1.24. The first-order valence-electron chi connectivity index (χ1n) is 11.4. The van der Waals surface area contributed by atoms with Crippen molar-refractivity contribution in [2.24, 2.45) is 0 Å². The summed E-state index contributed by atoms with van der Waals surface area (Å²) in [7, 11) is 0. The van der Waals surface area contributed by atoms with Crippen LogP contribution in [0.3, 0.4) is 0 Å². The first-order valence-corrected chi connectivity index (χ1v) is 12.3. The van der Waals surface area contributed by atoms with Gasteiger partial charge in [-0.3, -0.25) is 14.9 Å². The average Bonchev–Trinajstić information content (AvgIpc) is 3.69. The van der Waals surface area contributed by atoms with Crippen molar-refractivity contribution in [2.75, 3.05) is 23.6 Å². The van der Waals surface area contributed by atoms with Crippen LogP contribution < -0.4 is 24.4 Å². The molecule has 3 aliphatic heterocycles. The minimum Gasteiger partial charge on any atom is -0.491 e. The summed E-state index contributed by atoms with van der Waals surface area (Å²) in [6.07, 6.45) is 1.64. The van der Waals surface area contributed by atoms with Crippen LogP contribution in [0, 0.1) is 0 Å². The highest BCUT2D eigenvalue weighted by molar-refractivity contribution is 7.13. The standard InChI is InChI=1S/C27H19N3O5S/c31-24(29-26-28-8-9-36-26)17-5-3-4-16(10-17)13-30-20-7-2-1-6-18(20)27(25(30)32)14-33-21-12-23-22(11-19(21)27)34-15-35-23/h1-12H,13-15H2,(H,28,29,31). The molecule has 8 nitrogen and oxygen atoms in total. The van der Waals surface area contributed by atoms with Crippen molar-refractivity contribution < 1.29 is 23.8 Å². The predicted octanol–water partition coefficient (Wildman–Crippen LogP) is 4.35. The molecular weight excluding hydrogens is 478 g/mol. The molecule has 4 aromatic rings. The topological polar surface area (TPSA) is 90.0 Å². The van der Waals surface area contributed by atoms with Crippen LogP contribution in [-0.4, -0.2) is 30.2 Å². The van der Waals surface area contributed by atoms with E-state index in [1.165, 1.54) is 11.3 Å². The van der Waals surface area contributed by atoms with Gasteiger partial charge in [-0.2, -0.15) is 0 Å². The van der Waals surface area contributed by atoms with E-state index in [2.05, 4.69) is 10.3 Å². The quantitative estimate of drug-likeness (QED) is 0.451. The molecule has 178 valence electrons. The van der Waals surface area contributed by atoms with E-state index in [-0.39, 0.29) is 25.2 Å². The molecule has 0 saturated carbocycles. The van der Waals surface area contributed by atoms with Gasteiger partial charge in [0.2, 0.25) is 12.7 Å². The van der Waals surface area contributed by atoms with Crippen LogP contribution in [0.5, 0.6) is 17.2 Å². The lowest BCUT2D eigenvalue weighted by molar-refractivity contribution is -0.122. The first-order chi connectivity index (χ1) is 17.6. The number of benzene rings is 3. The number of thiazole rings is 1. The fourth-order valence-electron chi connectivity index (χ4n) is 5.17. The third-order valence-electron chi connectivity index (χ3n) is 6.83. The molecule has 4 heterocycles. The van der Waals surface area contributed by atoms with Crippen molar-refractivity contribution in [2.45, 2.75) is 12.0 Å². The summed E-state index contributed by atoms with van der Waals surface area (Å²) >= 11 is 1.36. The van der Waals surface area contributed by atoms with Gasteiger partial charge in [-0.15, -0.1) is 11.3 Å². The van der Waals surface area contributed by atoms with Crippen LogP contribution in [0.15, 0.2) is 72.2 Å². The number of fused-ring (bicyclic) bond motifs is 5. The van der Waals surface area contributed by atoms with Crippen LogP contribution in [-0.2, 0) is 16.8 Å². The monoisotopic (exact) mass is 497 g/mol. The van der Waals surface area contributed by atoms with E-state index in [9.17, 15) is 9.59 Å². The van der Waals surface area contributed by atoms with Crippen LogP contribution in [0.4, 0.5) is 10.8 Å². The Morgan fingerprint density at radius 3 is 2.72 bits per heavy atom. The van der Waals surface area contributed by atoms with E-state index in [4.69, 9.17) is 14.2 Å². The zero-order valence-corrected chi connectivity index (χ0v) is 19.7. The third-order valence-corrected chi connectivity index (χ3v) is 7.51. The van der Waals surface area contributed by atoms with Crippen LogP contribution >= 0.6 is 11.3 Å². The number of hydrogen-bond donors (Lipinski definition) is 1. The van der Waals surface area contributed by atoms with Crippen molar-refractivity contribution in [3.8, 4) is 17.2 Å². The van der Waals surface area contributed by atoms with Gasteiger partial charge in [-0.25, -0.2) is 4.98 Å². The van der Waals surface area contributed by atoms with E-state index in [0.717, 1.165) is 22.4 Å². The number of carbonyl (C=O) groups excluding carboxylic acids is 2. The number of hydrogen-bond acceptors (Lipinski definition) is 7. The van der Waals surface area contributed by atoms with Gasteiger partial charge in [0.1, 0.15) is 17.8 Å². The Morgan fingerprint density at radius 2 is 1.86 bits per heavy atom. The number of rotatable bonds is 4. The number of carbonyl (C=O) groups is 2. The Kier molecular flexibility index (Phi) is 4.55. The number of aromatic nitrogens is 1. The van der Waals surface area contributed by atoms with Crippen molar-refractivity contribution in [1.82, 2.24) is 4.98 Å². The Bertz CT molecular complexity index is 1540. The zero-order chi connectivity index (χ0) is 24.3. The molecule has 1 spiro atoms. The van der Waals surface area contributed by atoms with E-state index in [1.807, 2.05) is 42.5 Å². The molecule has 2 amide bonds. The summed E-state index contributed by atoms with van der Waals surface area (Å²) in [4.78, 5) is 32.8. The van der Waals surface area contributed by atoms with Gasteiger partial charge in [-0.05, 0) is 35.4 Å². The summed E-state index contributed by atoms with van der Waals surface area (Å²) in [6.45, 7) is 0.665. The summed E-state index contributed by atoms with van der Waals surface area (Å²) in [6, 6.07) is 18.7. The Morgan fingerprint density at radius 1 is 1.00 bits per heavy atom. The van der Waals surface area contributed by atoms with Gasteiger partial charge in [0.25, 0.3) is 5.91 Å². The second-order valence-electron chi connectivity index (χ2n) is 8.80. The molecule has 0 saturated heterocycles. The fraction of sp³-hybridized carbons (Fsp3) is 0.148. The normalized spacial score (nSPS) is 18.8. The second-order valence-corrected chi connectivity index (χ2v) is 9.69. The molecule has 1 unspecified atom stereocenters. The Labute approximate surface area is 210 Å². The van der Waals surface area contributed by atoms with Gasteiger partial charge in [-0.1, -0.05) is 30.3 Å². The summed E-state index contributed by atoms with van der Waals surface area (Å²) in [5.74, 6) is 1.55. The van der Waals surface area contributed by atoms with Crippen LogP contribution in [0.1, 0.15) is 27.0 Å². The number of para-hydroxylation sites is 1. The van der Waals surface area contributed by atoms with Gasteiger partial charge in [0, 0.05) is 34.5 Å². The van der Waals surface area contributed by atoms with E-state index >= 15 is 0 Å². The van der Waals surface area contributed by atoms with Crippen molar-refractivity contribution in [3.63, 3.8) is 0 Å². The molecule has 3 aromatic carbocycles. The fourth-order valence-corrected chi connectivity index (χ4v) is 5.69. The maximum absolute atomic E-state index is 14.2. The number of ether oxygens (including phenoxy) is 3. The van der Waals surface area contributed by atoms with Crippen LogP contribution in [0.25, 0.3) is 0 Å². The molecule has 1 aromatic heterocycles. The van der Waals surface area contributed by atoms with Crippen molar-refractivity contribution >= 4 is 34.0 Å². The molecule has 0 radical (unpaired) electrons. The highest BCUT2D eigenvalue weighted by Crippen LogP contribution is 2.55. The minimum atomic E-state index is -0.966. The number of nitrogens with zero attached hydrogens (tertiary/aromatic N) is 2. The SMILES string of the molecule is O=C(Nc1nccs1)c1cccc(CN2C(=O)C3(COc4cc5c(cc43)OCO5)c3ccccc32)c1. The second kappa shape index (κ2) is 7.82. The average molecular weight is 498 g/mol. The first kappa shape index (κ1) is 21.0. The summed E-state index contributed by atoms with van der Waals surface area (Å²) < 4.78 is 17.1. The molecule has 0 bridgehead atoms. The molecule has 1 atom stereocenters. The lowest BCUT2D eigenvalue weighted by Gasteiger charge is -2.23. The van der Waals surface area contributed by atoms with E-state index in [1.54, 1.807) is 34.7 Å². The smallest absolute Gasteiger partial charge is 0.257 e. The Hall–Kier alpha value is -4.37.